The maximum atomic E-state index is 12.7. The van der Waals surface area contributed by atoms with Crippen LogP contribution in [-0.2, 0) is 11.3 Å². The van der Waals surface area contributed by atoms with Crippen LogP contribution in [0.5, 0.6) is 0 Å². The number of furan rings is 1. The van der Waals surface area contributed by atoms with Gasteiger partial charge in [-0.2, -0.15) is 5.10 Å². The summed E-state index contributed by atoms with van der Waals surface area (Å²) in [5, 5.41) is 7.37. The lowest BCUT2D eigenvalue weighted by molar-refractivity contribution is 0.0117. The Hall–Kier alpha value is -2.90. The van der Waals surface area contributed by atoms with Crippen molar-refractivity contribution in [3.63, 3.8) is 0 Å². The first-order valence-corrected chi connectivity index (χ1v) is 9.92. The molecule has 0 saturated carbocycles. The molecule has 1 atom stereocenters. The Morgan fingerprint density at radius 1 is 1.17 bits per heavy atom. The van der Waals surface area contributed by atoms with E-state index in [0.717, 1.165) is 30.2 Å². The number of nitrogens with zero attached hydrogens (tertiary/aromatic N) is 3. The van der Waals surface area contributed by atoms with Gasteiger partial charge in [0.05, 0.1) is 37.6 Å². The Labute approximate surface area is 170 Å². The number of carbonyl (C=O) groups is 1. The first-order valence-electron chi connectivity index (χ1n) is 9.92. The van der Waals surface area contributed by atoms with Gasteiger partial charge in [0.1, 0.15) is 11.5 Å². The zero-order valence-corrected chi connectivity index (χ0v) is 16.6. The smallest absolute Gasteiger partial charge is 0.254 e. The summed E-state index contributed by atoms with van der Waals surface area (Å²) in [4.78, 5) is 15.0. The molecular formula is C22H26N4O3. The average Bonchev–Trinajstić information content (AvgIpc) is 3.39. The minimum absolute atomic E-state index is 0.0177. The lowest BCUT2D eigenvalue weighted by Gasteiger charge is -2.33. The molecule has 7 heteroatoms. The van der Waals surface area contributed by atoms with Crippen LogP contribution in [0.25, 0.3) is 0 Å². The van der Waals surface area contributed by atoms with Gasteiger partial charge in [-0.05, 0) is 24.6 Å². The number of nitrogens with one attached hydrogen (secondary N) is 1. The summed E-state index contributed by atoms with van der Waals surface area (Å²) in [5.74, 6) is 1.60. The normalized spacial score (nSPS) is 15.9. The van der Waals surface area contributed by atoms with Crippen molar-refractivity contribution in [3.8, 4) is 0 Å². The molecule has 1 aliphatic heterocycles. The fraction of sp³-hybridized carbons (Fsp3) is 0.364. The standard InChI is InChI=1S/C22H26N4O3/c1-17-7-8-21(29-17)20(25-9-11-28-12-10-25)14-23-22(27)19-13-24-26(16-19)15-18-5-3-2-4-6-18/h2-8,13,16,20H,9-12,14-15H2,1H3,(H,23,27). The van der Waals surface area contributed by atoms with Crippen LogP contribution in [0, 0.1) is 6.92 Å². The van der Waals surface area contributed by atoms with Gasteiger partial charge in [-0.3, -0.25) is 14.4 Å². The largest absolute Gasteiger partial charge is 0.465 e. The minimum Gasteiger partial charge on any atom is -0.465 e. The average molecular weight is 394 g/mol. The minimum atomic E-state index is -0.133. The van der Waals surface area contributed by atoms with Crippen LogP contribution in [0.15, 0.2) is 59.3 Å². The van der Waals surface area contributed by atoms with E-state index >= 15 is 0 Å². The predicted octanol–water partition coefficient (Wildman–Crippen LogP) is 2.64. The molecule has 1 aliphatic rings. The molecule has 0 spiro atoms. The third-order valence-electron chi connectivity index (χ3n) is 5.11. The molecule has 0 bridgehead atoms. The zero-order valence-electron chi connectivity index (χ0n) is 16.6. The molecular weight excluding hydrogens is 368 g/mol. The molecule has 4 rings (SSSR count). The van der Waals surface area contributed by atoms with Crippen molar-refractivity contribution < 1.29 is 13.9 Å². The van der Waals surface area contributed by atoms with E-state index in [1.807, 2.05) is 49.4 Å². The van der Waals surface area contributed by atoms with E-state index in [0.29, 0.717) is 31.9 Å². The molecule has 0 aliphatic carbocycles. The maximum absolute atomic E-state index is 12.7. The molecule has 1 amide bonds. The van der Waals surface area contributed by atoms with Crippen LogP contribution < -0.4 is 5.32 Å². The lowest BCUT2D eigenvalue weighted by atomic mass is 10.1. The molecule has 2 aromatic heterocycles. The molecule has 1 saturated heterocycles. The van der Waals surface area contributed by atoms with E-state index in [2.05, 4.69) is 15.3 Å². The molecule has 0 radical (unpaired) electrons. The van der Waals surface area contributed by atoms with Crippen LogP contribution in [0.4, 0.5) is 0 Å². The van der Waals surface area contributed by atoms with E-state index in [1.54, 1.807) is 17.1 Å². The number of aromatic nitrogens is 2. The van der Waals surface area contributed by atoms with E-state index in [-0.39, 0.29) is 11.9 Å². The van der Waals surface area contributed by atoms with Crippen molar-refractivity contribution in [1.29, 1.82) is 0 Å². The number of hydrogen-bond donors (Lipinski definition) is 1. The van der Waals surface area contributed by atoms with Crippen molar-refractivity contribution in [2.45, 2.75) is 19.5 Å². The number of hydrogen-bond acceptors (Lipinski definition) is 5. The van der Waals surface area contributed by atoms with Gasteiger partial charge >= 0.3 is 0 Å². The highest BCUT2D eigenvalue weighted by Gasteiger charge is 2.26. The third-order valence-corrected chi connectivity index (χ3v) is 5.11. The second kappa shape index (κ2) is 9.07. The summed E-state index contributed by atoms with van der Waals surface area (Å²) in [6.07, 6.45) is 3.39. The first-order chi connectivity index (χ1) is 14.2. The molecule has 3 heterocycles. The van der Waals surface area contributed by atoms with Crippen LogP contribution in [-0.4, -0.2) is 53.4 Å². The van der Waals surface area contributed by atoms with Gasteiger partial charge in [0, 0.05) is 25.8 Å². The predicted molar refractivity (Wildman–Crippen MR) is 109 cm³/mol. The highest BCUT2D eigenvalue weighted by molar-refractivity contribution is 5.93. The van der Waals surface area contributed by atoms with Gasteiger partial charge in [-0.1, -0.05) is 30.3 Å². The molecule has 1 unspecified atom stereocenters. The van der Waals surface area contributed by atoms with Crippen LogP contribution in [0.3, 0.4) is 0 Å². The van der Waals surface area contributed by atoms with Gasteiger partial charge < -0.3 is 14.5 Å². The quantitative estimate of drug-likeness (QED) is 0.667. The maximum Gasteiger partial charge on any atom is 0.254 e. The second-order valence-electron chi connectivity index (χ2n) is 7.23. The summed E-state index contributed by atoms with van der Waals surface area (Å²) in [6, 6.07) is 14.0. The number of carbonyl (C=O) groups excluding carboxylic acids is 1. The fourth-order valence-electron chi connectivity index (χ4n) is 3.56. The summed E-state index contributed by atoms with van der Waals surface area (Å²) in [5.41, 5.74) is 1.69. The molecule has 1 aromatic carbocycles. The Balaban J connectivity index is 1.40. The second-order valence-corrected chi connectivity index (χ2v) is 7.23. The molecule has 152 valence electrons. The van der Waals surface area contributed by atoms with Crippen molar-refractivity contribution in [1.82, 2.24) is 20.0 Å². The van der Waals surface area contributed by atoms with Crippen LogP contribution in [0.1, 0.15) is 33.5 Å². The summed E-state index contributed by atoms with van der Waals surface area (Å²) in [7, 11) is 0. The Bertz CT molecular complexity index is 928. The molecule has 1 N–H and O–H groups in total. The van der Waals surface area contributed by atoms with Crippen molar-refractivity contribution >= 4 is 5.91 Å². The number of amides is 1. The number of aryl methyl sites for hydroxylation is 1. The van der Waals surface area contributed by atoms with Gasteiger partial charge in [-0.25, -0.2) is 0 Å². The lowest BCUT2D eigenvalue weighted by Crippen LogP contribution is -2.43. The van der Waals surface area contributed by atoms with E-state index < -0.39 is 0 Å². The molecule has 3 aromatic rings. The zero-order chi connectivity index (χ0) is 20.1. The highest BCUT2D eigenvalue weighted by atomic mass is 16.5. The molecule has 29 heavy (non-hydrogen) atoms. The van der Waals surface area contributed by atoms with Crippen LogP contribution >= 0.6 is 0 Å². The van der Waals surface area contributed by atoms with Gasteiger partial charge in [0.25, 0.3) is 5.91 Å². The van der Waals surface area contributed by atoms with Gasteiger partial charge in [0.2, 0.25) is 0 Å². The van der Waals surface area contributed by atoms with E-state index in [9.17, 15) is 4.79 Å². The Morgan fingerprint density at radius 2 is 1.97 bits per heavy atom. The van der Waals surface area contributed by atoms with Gasteiger partial charge in [-0.15, -0.1) is 0 Å². The SMILES string of the molecule is Cc1ccc(C(CNC(=O)c2cnn(Cc3ccccc3)c2)N2CCOCC2)o1. The first kappa shape index (κ1) is 19.4. The molecule has 7 nitrogen and oxygen atoms in total. The van der Waals surface area contributed by atoms with Crippen molar-refractivity contribution in [2.24, 2.45) is 0 Å². The highest BCUT2D eigenvalue weighted by Crippen LogP contribution is 2.23. The van der Waals surface area contributed by atoms with Crippen molar-refractivity contribution in [3.05, 3.63) is 77.5 Å². The van der Waals surface area contributed by atoms with Gasteiger partial charge in [0.15, 0.2) is 0 Å². The fourth-order valence-corrected chi connectivity index (χ4v) is 3.56. The summed E-state index contributed by atoms with van der Waals surface area (Å²) in [6.45, 7) is 6.04. The number of ether oxygens (including phenoxy) is 1. The van der Waals surface area contributed by atoms with Crippen LogP contribution in [0.2, 0.25) is 0 Å². The Kier molecular flexibility index (Phi) is 6.07. The topological polar surface area (TPSA) is 72.5 Å². The number of benzene rings is 1. The number of morpholine rings is 1. The molecule has 1 fully saturated rings. The monoisotopic (exact) mass is 394 g/mol. The summed E-state index contributed by atoms with van der Waals surface area (Å²) >= 11 is 0. The third kappa shape index (κ3) is 4.93. The van der Waals surface area contributed by atoms with E-state index in [1.165, 1.54) is 0 Å². The number of rotatable bonds is 7. The van der Waals surface area contributed by atoms with E-state index in [4.69, 9.17) is 9.15 Å². The Morgan fingerprint density at radius 3 is 2.69 bits per heavy atom. The summed E-state index contributed by atoms with van der Waals surface area (Å²) < 4.78 is 13.1. The van der Waals surface area contributed by atoms with Crippen molar-refractivity contribution in [2.75, 3.05) is 32.8 Å².